The number of aliphatic hydroxyl groups excluding tert-OH is 1. The first-order chi connectivity index (χ1) is 7.27. The highest BCUT2D eigenvalue weighted by molar-refractivity contribution is 9.10. The van der Waals surface area contributed by atoms with E-state index in [0.29, 0.717) is 36.0 Å². The van der Waals surface area contributed by atoms with Gasteiger partial charge in [-0.05, 0) is 15.9 Å². The molecule has 1 aromatic rings. The number of benzene rings is 1. The minimum atomic E-state index is -0.145. The number of halogens is 1. The zero-order valence-electron chi connectivity index (χ0n) is 8.25. The van der Waals surface area contributed by atoms with E-state index in [0.717, 1.165) is 4.47 Å². The molecular weight excluding hydrogens is 264 g/mol. The lowest BCUT2D eigenvalue weighted by Crippen LogP contribution is -2.17. The average Bonchev–Trinajstić information content (AvgIpc) is 2.27. The van der Waals surface area contributed by atoms with Gasteiger partial charge in [0, 0.05) is 6.07 Å². The quantitative estimate of drug-likeness (QED) is 0.892. The first-order valence-electron chi connectivity index (χ1n) is 4.53. The van der Waals surface area contributed by atoms with E-state index in [2.05, 4.69) is 15.9 Å². The molecule has 0 saturated carbocycles. The Labute approximate surface area is 95.9 Å². The van der Waals surface area contributed by atoms with Gasteiger partial charge in [-0.3, -0.25) is 0 Å². The third-order valence-electron chi connectivity index (χ3n) is 2.20. The lowest BCUT2D eigenvalue weighted by Gasteiger charge is -2.22. The minimum absolute atomic E-state index is 0.145. The van der Waals surface area contributed by atoms with Crippen LogP contribution in [0.5, 0.6) is 17.2 Å². The van der Waals surface area contributed by atoms with Crippen molar-refractivity contribution in [1.29, 1.82) is 0 Å². The van der Waals surface area contributed by atoms with Crippen LogP contribution >= 0.6 is 15.9 Å². The van der Waals surface area contributed by atoms with Gasteiger partial charge in [0.05, 0.1) is 23.8 Å². The second-order valence-electron chi connectivity index (χ2n) is 3.05. The fraction of sp³-hybridized carbons (Fsp3) is 0.400. The number of ether oxygens (including phenoxy) is 3. The highest BCUT2D eigenvalue weighted by Crippen LogP contribution is 2.44. The van der Waals surface area contributed by atoms with E-state index < -0.39 is 0 Å². The fourth-order valence-corrected chi connectivity index (χ4v) is 2.18. The van der Waals surface area contributed by atoms with Crippen LogP contribution in [0, 0.1) is 0 Å². The molecule has 1 aliphatic heterocycles. The summed E-state index contributed by atoms with van der Waals surface area (Å²) < 4.78 is 16.8. The van der Waals surface area contributed by atoms with E-state index >= 15 is 0 Å². The van der Waals surface area contributed by atoms with E-state index in [9.17, 15) is 5.11 Å². The van der Waals surface area contributed by atoms with Crippen LogP contribution in [0.25, 0.3) is 0 Å². The van der Waals surface area contributed by atoms with Crippen molar-refractivity contribution in [2.75, 3.05) is 20.3 Å². The van der Waals surface area contributed by atoms with Crippen LogP contribution in [0.15, 0.2) is 10.5 Å². The van der Waals surface area contributed by atoms with Crippen LogP contribution < -0.4 is 14.2 Å². The number of fused-ring (bicyclic) bond motifs is 1. The Kier molecular flexibility index (Phi) is 3.02. The van der Waals surface area contributed by atoms with Crippen molar-refractivity contribution < 1.29 is 19.3 Å². The molecule has 0 aliphatic carbocycles. The van der Waals surface area contributed by atoms with Crippen molar-refractivity contribution in [3.63, 3.8) is 0 Å². The molecule has 0 spiro atoms. The van der Waals surface area contributed by atoms with E-state index in [1.807, 2.05) is 0 Å². The summed E-state index contributed by atoms with van der Waals surface area (Å²) in [6.07, 6.45) is 0. The number of methoxy groups -OCH3 is 1. The number of aliphatic hydroxyl groups is 1. The molecule has 0 atom stereocenters. The smallest absolute Gasteiger partial charge is 0.170 e. The summed E-state index contributed by atoms with van der Waals surface area (Å²) in [6.45, 7) is 0.871. The molecule has 1 heterocycles. The summed E-state index contributed by atoms with van der Waals surface area (Å²) in [7, 11) is 1.55. The van der Waals surface area contributed by atoms with Gasteiger partial charge in [-0.1, -0.05) is 0 Å². The van der Waals surface area contributed by atoms with Gasteiger partial charge in [0.25, 0.3) is 0 Å². The molecule has 0 unspecified atom stereocenters. The zero-order chi connectivity index (χ0) is 10.8. The van der Waals surface area contributed by atoms with E-state index in [-0.39, 0.29) is 6.61 Å². The lowest BCUT2D eigenvalue weighted by molar-refractivity contribution is 0.163. The monoisotopic (exact) mass is 274 g/mol. The highest BCUT2D eigenvalue weighted by Gasteiger charge is 2.22. The molecule has 0 fully saturated rings. The fourth-order valence-electron chi connectivity index (χ4n) is 1.57. The van der Waals surface area contributed by atoms with Crippen LogP contribution in [0.3, 0.4) is 0 Å². The molecule has 4 nitrogen and oxygen atoms in total. The largest absolute Gasteiger partial charge is 0.495 e. The number of hydrogen-bond donors (Lipinski definition) is 1. The second kappa shape index (κ2) is 4.28. The molecule has 15 heavy (non-hydrogen) atoms. The predicted molar refractivity (Wildman–Crippen MR) is 57.6 cm³/mol. The SMILES string of the molecule is COc1c(Br)cc2c(c1CO)OCCO2. The number of hydrogen-bond acceptors (Lipinski definition) is 4. The van der Waals surface area contributed by atoms with Crippen molar-refractivity contribution in [3.8, 4) is 17.2 Å². The summed E-state index contributed by atoms with van der Waals surface area (Å²) in [6, 6.07) is 1.78. The summed E-state index contributed by atoms with van der Waals surface area (Å²) in [5, 5.41) is 9.29. The van der Waals surface area contributed by atoms with Gasteiger partial charge in [0.15, 0.2) is 11.5 Å². The first kappa shape index (κ1) is 10.6. The molecule has 1 aliphatic rings. The molecule has 0 amide bonds. The van der Waals surface area contributed by atoms with Gasteiger partial charge < -0.3 is 19.3 Å². The summed E-state index contributed by atoms with van der Waals surface area (Å²) in [4.78, 5) is 0. The Hall–Kier alpha value is -0.940. The van der Waals surface area contributed by atoms with E-state index in [1.165, 1.54) is 0 Å². The number of rotatable bonds is 2. The molecular formula is C10H11BrO4. The third-order valence-corrected chi connectivity index (χ3v) is 2.79. The summed E-state index contributed by atoms with van der Waals surface area (Å²) >= 11 is 3.36. The molecule has 0 saturated heterocycles. The van der Waals surface area contributed by atoms with Crippen LogP contribution in [-0.2, 0) is 6.61 Å². The topological polar surface area (TPSA) is 47.9 Å². The molecule has 2 rings (SSSR count). The van der Waals surface area contributed by atoms with E-state index in [4.69, 9.17) is 14.2 Å². The van der Waals surface area contributed by atoms with Crippen LogP contribution in [0.1, 0.15) is 5.56 Å². The maximum Gasteiger partial charge on any atom is 0.170 e. The van der Waals surface area contributed by atoms with Crippen LogP contribution in [-0.4, -0.2) is 25.4 Å². The standard InChI is InChI=1S/C10H11BrO4/c1-13-9-6(5-12)10-8(4-7(9)11)14-2-3-15-10/h4,12H,2-3,5H2,1H3. The van der Waals surface area contributed by atoms with Crippen LogP contribution in [0.2, 0.25) is 0 Å². The summed E-state index contributed by atoms with van der Waals surface area (Å²) in [5.41, 5.74) is 0.613. The third kappa shape index (κ3) is 1.77. The Morgan fingerprint density at radius 3 is 2.87 bits per heavy atom. The van der Waals surface area contributed by atoms with Crippen molar-refractivity contribution in [2.24, 2.45) is 0 Å². The maximum absolute atomic E-state index is 9.29. The minimum Gasteiger partial charge on any atom is -0.495 e. The Balaban J connectivity index is 2.59. The van der Waals surface area contributed by atoms with E-state index in [1.54, 1.807) is 13.2 Å². The van der Waals surface area contributed by atoms with Gasteiger partial charge >= 0.3 is 0 Å². The van der Waals surface area contributed by atoms with Gasteiger partial charge in [-0.15, -0.1) is 0 Å². The average molecular weight is 275 g/mol. The Morgan fingerprint density at radius 2 is 2.20 bits per heavy atom. The van der Waals surface area contributed by atoms with Crippen molar-refractivity contribution in [2.45, 2.75) is 6.61 Å². The Bertz CT molecular complexity index is 378. The second-order valence-corrected chi connectivity index (χ2v) is 3.91. The first-order valence-corrected chi connectivity index (χ1v) is 5.33. The molecule has 0 aromatic heterocycles. The zero-order valence-corrected chi connectivity index (χ0v) is 9.83. The molecule has 1 aromatic carbocycles. The van der Waals surface area contributed by atoms with Crippen molar-refractivity contribution in [3.05, 3.63) is 16.1 Å². The van der Waals surface area contributed by atoms with Crippen LogP contribution in [0.4, 0.5) is 0 Å². The normalized spacial score (nSPS) is 13.8. The van der Waals surface area contributed by atoms with Gasteiger partial charge in [-0.25, -0.2) is 0 Å². The van der Waals surface area contributed by atoms with Crippen molar-refractivity contribution >= 4 is 15.9 Å². The molecule has 0 radical (unpaired) electrons. The van der Waals surface area contributed by atoms with Crippen molar-refractivity contribution in [1.82, 2.24) is 0 Å². The van der Waals surface area contributed by atoms with Gasteiger partial charge in [0.2, 0.25) is 0 Å². The predicted octanol–water partition coefficient (Wildman–Crippen LogP) is 1.72. The molecule has 1 N–H and O–H groups in total. The molecule has 82 valence electrons. The highest BCUT2D eigenvalue weighted by atomic mass is 79.9. The Morgan fingerprint density at radius 1 is 1.47 bits per heavy atom. The lowest BCUT2D eigenvalue weighted by atomic mass is 10.1. The van der Waals surface area contributed by atoms with Gasteiger partial charge in [0.1, 0.15) is 19.0 Å². The molecule has 5 heteroatoms. The molecule has 0 bridgehead atoms. The summed E-state index contributed by atoms with van der Waals surface area (Å²) in [5.74, 6) is 1.79. The van der Waals surface area contributed by atoms with Gasteiger partial charge in [-0.2, -0.15) is 0 Å². The maximum atomic E-state index is 9.29.